The summed E-state index contributed by atoms with van der Waals surface area (Å²) >= 11 is 0. The quantitative estimate of drug-likeness (QED) is 0.811. The van der Waals surface area contributed by atoms with E-state index in [9.17, 15) is 9.59 Å². The number of carbonyl (C=O) groups is 2. The Morgan fingerprint density at radius 1 is 0.870 bits per heavy atom. The molecule has 5 heteroatoms. The molecule has 0 fully saturated rings. The molecule has 1 aliphatic rings. The number of likely N-dealkylation sites (N-methyl/N-ethyl adjacent to an activating group) is 1. The van der Waals surface area contributed by atoms with Gasteiger partial charge in [-0.3, -0.25) is 14.5 Å². The van der Waals surface area contributed by atoms with Crippen LogP contribution in [0.2, 0.25) is 0 Å². The summed E-state index contributed by atoms with van der Waals surface area (Å²) in [4.78, 5) is 30.4. The minimum absolute atomic E-state index is 0.189. The van der Waals surface area contributed by atoms with Gasteiger partial charge in [-0.2, -0.15) is 0 Å². The van der Waals surface area contributed by atoms with Crippen molar-refractivity contribution in [2.45, 2.75) is 0 Å². The van der Waals surface area contributed by atoms with Crippen molar-refractivity contribution < 1.29 is 9.59 Å². The van der Waals surface area contributed by atoms with Crippen LogP contribution in [0.15, 0.2) is 30.3 Å². The van der Waals surface area contributed by atoms with Gasteiger partial charge >= 0.3 is 0 Å². The van der Waals surface area contributed by atoms with Gasteiger partial charge in [0.2, 0.25) is 0 Å². The van der Waals surface area contributed by atoms with Gasteiger partial charge in [0.15, 0.2) is 0 Å². The Hall–Kier alpha value is -2.40. The van der Waals surface area contributed by atoms with Gasteiger partial charge in [0.25, 0.3) is 11.8 Å². The first kappa shape index (κ1) is 15.5. The highest BCUT2D eigenvalue weighted by atomic mass is 16.2. The largest absolute Gasteiger partial charge is 0.378 e. The lowest BCUT2D eigenvalue weighted by molar-refractivity contribution is 0.0645. The van der Waals surface area contributed by atoms with Crippen LogP contribution >= 0.6 is 0 Å². The molecular weight excluding hydrogens is 290 g/mol. The molecule has 2 aromatic rings. The number of amides is 2. The Bertz CT molecular complexity index is 796. The van der Waals surface area contributed by atoms with E-state index in [1.54, 1.807) is 0 Å². The van der Waals surface area contributed by atoms with E-state index in [4.69, 9.17) is 0 Å². The van der Waals surface area contributed by atoms with E-state index in [2.05, 4.69) is 0 Å². The molecular formula is C18H21N3O2. The van der Waals surface area contributed by atoms with Crippen molar-refractivity contribution in [3.05, 3.63) is 41.5 Å². The number of hydrogen-bond acceptors (Lipinski definition) is 4. The van der Waals surface area contributed by atoms with Gasteiger partial charge in [-0.05, 0) is 49.1 Å². The van der Waals surface area contributed by atoms with E-state index >= 15 is 0 Å². The molecule has 0 spiro atoms. The lowest BCUT2D eigenvalue weighted by Crippen LogP contribution is -2.35. The summed E-state index contributed by atoms with van der Waals surface area (Å²) in [5, 5.41) is 1.95. The molecule has 1 aliphatic heterocycles. The maximum Gasteiger partial charge on any atom is 0.261 e. The van der Waals surface area contributed by atoms with E-state index in [1.807, 2.05) is 68.3 Å². The molecule has 0 unspecified atom stereocenters. The van der Waals surface area contributed by atoms with Crippen LogP contribution in [0.5, 0.6) is 0 Å². The summed E-state index contributed by atoms with van der Waals surface area (Å²) in [5.41, 5.74) is 2.09. The van der Waals surface area contributed by atoms with Crippen molar-refractivity contribution in [2.24, 2.45) is 0 Å². The fourth-order valence-electron chi connectivity index (χ4n) is 2.80. The highest BCUT2D eigenvalue weighted by molar-refractivity contribution is 6.23. The predicted molar refractivity (Wildman–Crippen MR) is 92.2 cm³/mol. The monoisotopic (exact) mass is 311 g/mol. The van der Waals surface area contributed by atoms with E-state index in [0.29, 0.717) is 24.2 Å². The van der Waals surface area contributed by atoms with Gasteiger partial charge < -0.3 is 9.80 Å². The molecule has 0 saturated carbocycles. The minimum Gasteiger partial charge on any atom is -0.378 e. The topological polar surface area (TPSA) is 43.9 Å². The highest BCUT2D eigenvalue weighted by Gasteiger charge is 2.35. The van der Waals surface area contributed by atoms with Crippen molar-refractivity contribution in [1.29, 1.82) is 0 Å². The number of nitrogens with zero attached hydrogens (tertiary/aromatic N) is 3. The molecule has 3 rings (SSSR count). The third kappa shape index (κ3) is 2.68. The van der Waals surface area contributed by atoms with E-state index in [0.717, 1.165) is 16.5 Å². The van der Waals surface area contributed by atoms with Crippen molar-refractivity contribution in [3.8, 4) is 0 Å². The van der Waals surface area contributed by atoms with Crippen LogP contribution < -0.4 is 4.90 Å². The summed E-state index contributed by atoms with van der Waals surface area (Å²) in [7, 11) is 7.81. The number of fused-ring (bicyclic) bond motifs is 2. The van der Waals surface area contributed by atoms with E-state index in [1.165, 1.54) is 4.90 Å². The van der Waals surface area contributed by atoms with Gasteiger partial charge in [0.05, 0.1) is 11.1 Å². The normalized spacial score (nSPS) is 14.0. The molecule has 1 heterocycles. The smallest absolute Gasteiger partial charge is 0.261 e. The molecule has 0 radical (unpaired) electrons. The molecule has 0 saturated heterocycles. The van der Waals surface area contributed by atoms with Gasteiger partial charge in [0.1, 0.15) is 0 Å². The number of rotatable bonds is 4. The second kappa shape index (κ2) is 5.66. The Labute approximate surface area is 136 Å². The lowest BCUT2D eigenvalue weighted by Gasteiger charge is -2.16. The molecule has 0 bridgehead atoms. The van der Waals surface area contributed by atoms with Crippen LogP contribution in [0, 0.1) is 0 Å². The van der Waals surface area contributed by atoms with Gasteiger partial charge in [-0.25, -0.2) is 0 Å². The summed E-state index contributed by atoms with van der Waals surface area (Å²) in [6, 6.07) is 9.72. The third-order valence-corrected chi connectivity index (χ3v) is 4.20. The summed E-state index contributed by atoms with van der Waals surface area (Å²) in [6.07, 6.45) is 0. The number of hydrogen-bond donors (Lipinski definition) is 0. The number of anilines is 1. The van der Waals surface area contributed by atoms with Crippen molar-refractivity contribution in [2.75, 3.05) is 46.2 Å². The second-order valence-corrected chi connectivity index (χ2v) is 6.39. The van der Waals surface area contributed by atoms with Crippen molar-refractivity contribution >= 4 is 28.3 Å². The molecule has 5 nitrogen and oxygen atoms in total. The minimum atomic E-state index is -0.191. The number of benzene rings is 2. The zero-order valence-corrected chi connectivity index (χ0v) is 14.0. The first-order valence-corrected chi connectivity index (χ1v) is 7.64. The first-order valence-electron chi connectivity index (χ1n) is 7.64. The molecule has 0 aromatic heterocycles. The maximum absolute atomic E-state index is 12.6. The first-order chi connectivity index (χ1) is 10.9. The van der Waals surface area contributed by atoms with Crippen molar-refractivity contribution in [1.82, 2.24) is 9.80 Å². The predicted octanol–water partition coefficient (Wildman–Crippen LogP) is 2.06. The maximum atomic E-state index is 12.6. The Balaban J connectivity index is 2.02. The second-order valence-electron chi connectivity index (χ2n) is 6.39. The summed E-state index contributed by atoms with van der Waals surface area (Å²) in [5.74, 6) is -0.380. The zero-order chi connectivity index (χ0) is 16.7. The summed E-state index contributed by atoms with van der Waals surface area (Å²) in [6.45, 7) is 1.08. The lowest BCUT2D eigenvalue weighted by atomic mass is 10.0. The van der Waals surface area contributed by atoms with Crippen LogP contribution in [0.25, 0.3) is 10.8 Å². The van der Waals surface area contributed by atoms with Gasteiger partial charge in [-0.15, -0.1) is 0 Å². The Morgan fingerprint density at radius 3 is 2.04 bits per heavy atom. The van der Waals surface area contributed by atoms with E-state index < -0.39 is 0 Å². The molecule has 0 aliphatic carbocycles. The van der Waals surface area contributed by atoms with Gasteiger partial charge in [-0.1, -0.05) is 6.07 Å². The third-order valence-electron chi connectivity index (χ3n) is 4.20. The molecule has 23 heavy (non-hydrogen) atoms. The van der Waals surface area contributed by atoms with Crippen LogP contribution in [0.3, 0.4) is 0 Å². The molecule has 2 amide bonds. The number of carbonyl (C=O) groups excluding carboxylic acids is 2. The fourth-order valence-corrected chi connectivity index (χ4v) is 2.80. The van der Waals surface area contributed by atoms with Crippen LogP contribution in [-0.4, -0.2) is 62.9 Å². The fraction of sp³-hybridized carbons (Fsp3) is 0.333. The molecule has 2 aromatic carbocycles. The average molecular weight is 311 g/mol. The molecule has 120 valence electrons. The number of imide groups is 1. The standard InChI is InChI=1S/C18H21N3O2/c1-19(2)7-8-21-17(22)15-10-12-5-6-14(20(3)4)9-13(12)11-16(15)18(21)23/h5-6,9-11H,7-8H2,1-4H3. The molecule has 0 atom stereocenters. The van der Waals surface area contributed by atoms with Crippen molar-refractivity contribution in [3.63, 3.8) is 0 Å². The molecule has 0 N–H and O–H groups in total. The summed E-state index contributed by atoms with van der Waals surface area (Å²) < 4.78 is 0. The Kier molecular flexibility index (Phi) is 3.82. The SMILES string of the molecule is CN(C)CCN1C(=O)c2cc3ccc(N(C)C)cc3cc2C1=O. The zero-order valence-electron chi connectivity index (χ0n) is 14.0. The van der Waals surface area contributed by atoms with Crippen LogP contribution in [-0.2, 0) is 0 Å². The van der Waals surface area contributed by atoms with E-state index in [-0.39, 0.29) is 11.8 Å². The highest BCUT2D eigenvalue weighted by Crippen LogP contribution is 2.29. The van der Waals surface area contributed by atoms with Gasteiger partial charge in [0, 0.05) is 32.9 Å². The van der Waals surface area contributed by atoms with Crippen LogP contribution in [0.4, 0.5) is 5.69 Å². The average Bonchev–Trinajstić information content (AvgIpc) is 2.73. The Morgan fingerprint density at radius 2 is 1.48 bits per heavy atom. The van der Waals surface area contributed by atoms with Crippen LogP contribution in [0.1, 0.15) is 20.7 Å².